The third-order valence-electron chi connectivity index (χ3n) is 5.84. The molecule has 2 aromatic heterocycles. The van der Waals surface area contributed by atoms with E-state index in [2.05, 4.69) is 0 Å². The van der Waals surface area contributed by atoms with E-state index in [0.29, 0.717) is 15.7 Å². The topological polar surface area (TPSA) is 29.1 Å². The number of thiazole rings is 2. The van der Waals surface area contributed by atoms with Gasteiger partial charge in [-0.25, -0.2) is 4.39 Å². The maximum absolute atomic E-state index is 13.7. The van der Waals surface area contributed by atoms with Gasteiger partial charge >= 0.3 is 6.18 Å². The Balaban J connectivity index is 1.59. The van der Waals surface area contributed by atoms with E-state index in [1.54, 1.807) is 27.5 Å². The molecular formula is C25H20F4N3OS3+. The smallest absolute Gasteiger partial charge is 0.337 e. The molecule has 1 aliphatic heterocycles. The van der Waals surface area contributed by atoms with Crippen molar-refractivity contribution in [3.8, 4) is 0 Å². The van der Waals surface area contributed by atoms with Crippen molar-refractivity contribution >= 4 is 51.2 Å². The number of benzene rings is 2. The van der Waals surface area contributed by atoms with Gasteiger partial charge < -0.3 is 4.90 Å². The van der Waals surface area contributed by atoms with Crippen molar-refractivity contribution in [1.29, 1.82) is 0 Å². The van der Waals surface area contributed by atoms with Crippen molar-refractivity contribution in [2.45, 2.75) is 31.1 Å². The lowest BCUT2D eigenvalue weighted by Crippen LogP contribution is -2.37. The summed E-state index contributed by atoms with van der Waals surface area (Å²) >= 11 is 4.06. The number of aromatic nitrogens is 2. The van der Waals surface area contributed by atoms with Crippen molar-refractivity contribution in [2.75, 3.05) is 11.9 Å². The monoisotopic (exact) mass is 550 g/mol. The normalized spacial score (nSPS) is 15.6. The van der Waals surface area contributed by atoms with Gasteiger partial charge in [0.15, 0.2) is 12.7 Å². The second-order valence-corrected chi connectivity index (χ2v) is 11.1. The van der Waals surface area contributed by atoms with Crippen LogP contribution in [0.2, 0.25) is 0 Å². The van der Waals surface area contributed by atoms with Crippen LogP contribution in [0.15, 0.2) is 63.7 Å². The molecule has 0 N–H and O–H groups in total. The minimum atomic E-state index is -4.44. The molecule has 3 heterocycles. The molecule has 0 saturated heterocycles. The van der Waals surface area contributed by atoms with Crippen LogP contribution in [0.5, 0.6) is 0 Å². The average molecular weight is 551 g/mol. The highest BCUT2D eigenvalue weighted by atomic mass is 32.2. The maximum Gasteiger partial charge on any atom is 0.416 e. The zero-order chi connectivity index (χ0) is 25.6. The first-order chi connectivity index (χ1) is 17.2. The third kappa shape index (κ3) is 4.51. The molecule has 2 aromatic carbocycles. The van der Waals surface area contributed by atoms with Gasteiger partial charge in [0.25, 0.3) is 10.6 Å². The minimum Gasteiger partial charge on any atom is -0.337 e. The summed E-state index contributed by atoms with van der Waals surface area (Å²) in [6.45, 7) is 2.36. The SMILES string of the molecule is CCn1c(=O)/c(=C2\Sc3cc(F)ccc3N2C)s/c1=C\c1scc[n+]1Cc1ccccc1C(F)(F)F. The van der Waals surface area contributed by atoms with E-state index >= 15 is 0 Å². The number of alkyl halides is 3. The molecule has 4 nitrogen and oxygen atoms in total. The highest BCUT2D eigenvalue weighted by Crippen LogP contribution is 2.45. The fourth-order valence-electron chi connectivity index (χ4n) is 4.08. The van der Waals surface area contributed by atoms with Gasteiger partial charge in [-0.05, 0) is 31.2 Å². The van der Waals surface area contributed by atoms with Crippen LogP contribution in [0.4, 0.5) is 23.2 Å². The molecular weight excluding hydrogens is 530 g/mol. The summed E-state index contributed by atoms with van der Waals surface area (Å²) in [7, 11) is 1.84. The molecule has 0 fully saturated rings. The van der Waals surface area contributed by atoms with E-state index in [9.17, 15) is 22.4 Å². The van der Waals surface area contributed by atoms with Gasteiger partial charge in [-0.2, -0.15) is 17.7 Å². The van der Waals surface area contributed by atoms with Crippen LogP contribution < -0.4 is 24.2 Å². The van der Waals surface area contributed by atoms with Crippen LogP contribution >= 0.6 is 34.4 Å². The first-order valence-corrected chi connectivity index (χ1v) is 13.5. The number of nitrogens with zero attached hydrogens (tertiary/aromatic N) is 3. The molecule has 36 heavy (non-hydrogen) atoms. The number of thioether (sulfide) groups is 1. The van der Waals surface area contributed by atoms with Gasteiger partial charge in [0.1, 0.15) is 20.0 Å². The van der Waals surface area contributed by atoms with Crippen molar-refractivity contribution in [2.24, 2.45) is 0 Å². The van der Waals surface area contributed by atoms with Gasteiger partial charge in [0.2, 0.25) is 0 Å². The number of anilines is 1. The zero-order valence-corrected chi connectivity index (χ0v) is 21.6. The quantitative estimate of drug-likeness (QED) is 0.274. The summed E-state index contributed by atoms with van der Waals surface area (Å²) in [5, 5.41) is 3.27. The summed E-state index contributed by atoms with van der Waals surface area (Å²) in [6.07, 6.45) is -0.856. The fraction of sp³-hybridized carbons (Fsp3) is 0.200. The van der Waals surface area contributed by atoms with Crippen LogP contribution in [0.1, 0.15) is 23.1 Å². The second-order valence-electron chi connectivity index (χ2n) is 8.07. The van der Waals surface area contributed by atoms with Crippen LogP contribution in [0.25, 0.3) is 11.1 Å². The lowest BCUT2D eigenvalue weighted by molar-refractivity contribution is -0.685. The lowest BCUT2D eigenvalue weighted by atomic mass is 10.1. The standard InChI is InChI=1S/C25H20F4N3OS3/c1-3-32-21(36-22(23(32)33)24-30(2)18-9-8-16(26)12-19(18)35-24)13-20-31(10-11-34-20)14-15-6-4-5-7-17(15)25(27,28)29/h4-13H,3,14H2,1-2H3/q+1/b24-22+. The Morgan fingerprint density at radius 1 is 1.14 bits per heavy atom. The summed E-state index contributed by atoms with van der Waals surface area (Å²) < 4.78 is 58.9. The van der Waals surface area contributed by atoms with Crippen LogP contribution in [-0.4, -0.2) is 11.6 Å². The van der Waals surface area contributed by atoms with Crippen molar-refractivity contribution in [1.82, 2.24) is 4.57 Å². The molecule has 11 heteroatoms. The summed E-state index contributed by atoms with van der Waals surface area (Å²) in [5.74, 6) is -0.337. The van der Waals surface area contributed by atoms with E-state index in [1.807, 2.05) is 30.3 Å². The van der Waals surface area contributed by atoms with Gasteiger partial charge in [-0.3, -0.25) is 9.36 Å². The van der Waals surface area contributed by atoms with Crippen LogP contribution in [0.3, 0.4) is 0 Å². The average Bonchev–Trinajstić information content (AvgIpc) is 3.49. The molecule has 5 rings (SSSR count). The molecule has 0 amide bonds. The molecule has 0 unspecified atom stereocenters. The second kappa shape index (κ2) is 9.53. The number of hydrogen-bond donors (Lipinski definition) is 0. The molecule has 4 aromatic rings. The molecule has 0 saturated carbocycles. The zero-order valence-electron chi connectivity index (χ0n) is 19.2. The fourth-order valence-corrected chi connectivity index (χ4v) is 7.42. The maximum atomic E-state index is 13.7. The van der Waals surface area contributed by atoms with Crippen molar-refractivity contribution in [3.63, 3.8) is 0 Å². The van der Waals surface area contributed by atoms with Crippen LogP contribution in [0, 0.1) is 5.82 Å². The number of rotatable bonds is 4. The molecule has 0 atom stereocenters. The van der Waals surface area contributed by atoms with E-state index < -0.39 is 11.7 Å². The van der Waals surface area contributed by atoms with Gasteiger partial charge in [-0.15, -0.1) is 11.3 Å². The minimum absolute atomic E-state index is 0.0520. The van der Waals surface area contributed by atoms with E-state index in [1.165, 1.54) is 58.7 Å². The summed E-state index contributed by atoms with van der Waals surface area (Å²) in [4.78, 5) is 15.9. The van der Waals surface area contributed by atoms with Gasteiger partial charge in [0.05, 0.1) is 22.7 Å². The predicted octanol–water partition coefficient (Wildman–Crippen LogP) is 4.62. The molecule has 0 radical (unpaired) electrons. The molecule has 0 bridgehead atoms. The van der Waals surface area contributed by atoms with E-state index in [0.717, 1.165) is 26.7 Å². The van der Waals surface area contributed by atoms with Crippen molar-refractivity contribution < 1.29 is 22.1 Å². The van der Waals surface area contributed by atoms with E-state index in [-0.39, 0.29) is 23.5 Å². The molecule has 186 valence electrons. The predicted molar refractivity (Wildman–Crippen MR) is 136 cm³/mol. The highest BCUT2D eigenvalue weighted by Gasteiger charge is 2.34. The Bertz CT molecular complexity index is 1640. The molecule has 1 aliphatic rings. The number of fused-ring (bicyclic) bond motifs is 1. The summed E-state index contributed by atoms with van der Waals surface area (Å²) in [5.41, 5.74) is 0.193. The third-order valence-corrected chi connectivity index (χ3v) is 9.16. The molecule has 0 spiro atoms. The Morgan fingerprint density at radius 3 is 2.67 bits per heavy atom. The Hall–Kier alpha value is -2.89. The van der Waals surface area contributed by atoms with Crippen LogP contribution in [-0.2, 0) is 19.3 Å². The van der Waals surface area contributed by atoms with Crippen molar-refractivity contribution in [3.05, 3.63) is 95.5 Å². The Kier molecular flexibility index (Phi) is 6.56. The van der Waals surface area contributed by atoms with Gasteiger partial charge in [0, 0.05) is 24.1 Å². The molecule has 0 aliphatic carbocycles. The highest BCUT2D eigenvalue weighted by molar-refractivity contribution is 8.08. The Morgan fingerprint density at radius 2 is 1.92 bits per heavy atom. The lowest BCUT2D eigenvalue weighted by Gasteiger charge is -2.12. The largest absolute Gasteiger partial charge is 0.416 e. The first-order valence-electron chi connectivity index (χ1n) is 11.0. The Labute approximate surface area is 216 Å². The number of hydrogen-bond acceptors (Lipinski definition) is 5. The van der Waals surface area contributed by atoms with Gasteiger partial charge in [-0.1, -0.05) is 41.3 Å². The van der Waals surface area contributed by atoms with E-state index in [4.69, 9.17) is 0 Å². The number of halogens is 4. The first kappa shape index (κ1) is 24.8. The summed E-state index contributed by atoms with van der Waals surface area (Å²) in [6, 6.07) is 10.1.